The van der Waals surface area contributed by atoms with Gasteiger partial charge in [-0.2, -0.15) is 0 Å². The van der Waals surface area contributed by atoms with E-state index in [0.29, 0.717) is 36.6 Å². The number of nitrogens with zero attached hydrogens (tertiary/aromatic N) is 2. The zero-order valence-electron chi connectivity index (χ0n) is 25.8. The summed E-state index contributed by atoms with van der Waals surface area (Å²) in [6.07, 6.45) is 4.81. The molecule has 9 heteroatoms. The number of hydroxylamine groups is 1. The Balaban J connectivity index is 1.30. The van der Waals surface area contributed by atoms with Gasteiger partial charge in [0.25, 0.3) is 5.91 Å². The third-order valence-corrected chi connectivity index (χ3v) is 8.16. The van der Waals surface area contributed by atoms with Gasteiger partial charge in [-0.1, -0.05) is 72.8 Å². The molecule has 4 aromatic carbocycles. The standard InChI is InChI=1S/C37H40N4O5/c42-35(39-45)26-41(34-20-11-16-29-15-7-8-19-33(29)34)36(43)27-40(25-10-9-14-28-12-3-1-4-13-28)37(44)38-30-21-23-32(24-22-30)46-31-17-5-2-6-18-31/h1-8,12-13,15,17-19,21-24,34,45H,9-11,14,16,20,25-27H2,(H,38,44)(H,39,42). The van der Waals surface area contributed by atoms with E-state index >= 15 is 0 Å². The maximum atomic E-state index is 14.0. The summed E-state index contributed by atoms with van der Waals surface area (Å²) < 4.78 is 5.87. The average molecular weight is 621 g/mol. The molecule has 0 aliphatic heterocycles. The Labute approximate surface area is 269 Å². The fourth-order valence-electron chi connectivity index (χ4n) is 5.83. The van der Waals surface area contributed by atoms with Crippen LogP contribution in [0, 0.1) is 0 Å². The third kappa shape index (κ3) is 8.95. The Bertz CT molecular complexity index is 1580. The number of fused-ring (bicyclic) bond motifs is 1. The number of aryl methyl sites for hydroxylation is 2. The molecule has 4 aromatic rings. The van der Waals surface area contributed by atoms with Crippen LogP contribution >= 0.6 is 0 Å². The Morgan fingerprint density at radius 1 is 0.783 bits per heavy atom. The molecule has 1 atom stereocenters. The number of hydrogen-bond acceptors (Lipinski definition) is 5. The minimum atomic E-state index is -0.687. The van der Waals surface area contributed by atoms with E-state index in [4.69, 9.17) is 4.74 Å². The molecule has 0 saturated heterocycles. The van der Waals surface area contributed by atoms with Crippen LogP contribution in [0.3, 0.4) is 0 Å². The van der Waals surface area contributed by atoms with Crippen molar-refractivity contribution in [1.82, 2.24) is 15.3 Å². The summed E-state index contributed by atoms with van der Waals surface area (Å²) in [5.41, 5.74) is 5.56. The second kappa shape index (κ2) is 16.2. The highest BCUT2D eigenvalue weighted by molar-refractivity contribution is 5.93. The topological polar surface area (TPSA) is 111 Å². The van der Waals surface area contributed by atoms with Crippen LogP contribution in [0.2, 0.25) is 0 Å². The molecule has 0 bridgehead atoms. The van der Waals surface area contributed by atoms with Crippen molar-refractivity contribution < 1.29 is 24.3 Å². The molecule has 46 heavy (non-hydrogen) atoms. The summed E-state index contributed by atoms with van der Waals surface area (Å²) in [6, 6.07) is 33.8. The van der Waals surface area contributed by atoms with Crippen LogP contribution in [0.25, 0.3) is 0 Å². The van der Waals surface area contributed by atoms with E-state index in [1.54, 1.807) is 29.7 Å². The molecule has 0 spiro atoms. The predicted molar refractivity (Wildman–Crippen MR) is 177 cm³/mol. The molecule has 9 nitrogen and oxygen atoms in total. The van der Waals surface area contributed by atoms with Crippen molar-refractivity contribution in [3.63, 3.8) is 0 Å². The number of rotatable bonds is 13. The number of anilines is 1. The van der Waals surface area contributed by atoms with Crippen molar-refractivity contribution in [2.45, 2.75) is 44.6 Å². The molecule has 238 valence electrons. The predicted octanol–water partition coefficient (Wildman–Crippen LogP) is 6.75. The van der Waals surface area contributed by atoms with Crippen molar-refractivity contribution in [3.8, 4) is 11.5 Å². The van der Waals surface area contributed by atoms with Gasteiger partial charge in [-0.3, -0.25) is 14.8 Å². The summed E-state index contributed by atoms with van der Waals surface area (Å²) in [4.78, 5) is 43.0. The van der Waals surface area contributed by atoms with E-state index in [0.717, 1.165) is 36.8 Å². The first-order chi connectivity index (χ1) is 22.5. The van der Waals surface area contributed by atoms with E-state index in [9.17, 15) is 19.6 Å². The van der Waals surface area contributed by atoms with Crippen LogP contribution in [0.4, 0.5) is 10.5 Å². The summed E-state index contributed by atoms with van der Waals surface area (Å²) in [5.74, 6) is 0.283. The lowest BCUT2D eigenvalue weighted by Gasteiger charge is -2.36. The van der Waals surface area contributed by atoms with Crippen LogP contribution in [0.1, 0.15) is 48.4 Å². The Kier molecular flexibility index (Phi) is 11.4. The number of carbonyl (C=O) groups excluding carboxylic acids is 3. The fraction of sp³-hybridized carbons (Fsp3) is 0.270. The second-order valence-electron chi connectivity index (χ2n) is 11.4. The highest BCUT2D eigenvalue weighted by Crippen LogP contribution is 2.34. The number of urea groups is 1. The molecule has 4 amide bonds. The van der Waals surface area contributed by atoms with E-state index in [1.807, 2.05) is 72.8 Å². The SMILES string of the molecule is O=C(CN(C(=O)CN(CCCCc1ccccc1)C(=O)Nc1ccc(Oc2ccccc2)cc1)C1CCCc2ccccc21)NO. The molecule has 5 rings (SSSR count). The quantitative estimate of drug-likeness (QED) is 0.0870. The molecular formula is C37H40N4O5. The van der Waals surface area contributed by atoms with Gasteiger partial charge in [0.1, 0.15) is 24.6 Å². The van der Waals surface area contributed by atoms with Gasteiger partial charge in [-0.25, -0.2) is 10.3 Å². The number of ether oxygens (including phenoxy) is 1. The minimum absolute atomic E-state index is 0.219. The van der Waals surface area contributed by atoms with E-state index in [1.165, 1.54) is 15.4 Å². The van der Waals surface area contributed by atoms with E-state index < -0.39 is 11.9 Å². The number of hydrogen-bond donors (Lipinski definition) is 3. The average Bonchev–Trinajstić information content (AvgIpc) is 3.10. The first kappa shape index (κ1) is 32.2. The van der Waals surface area contributed by atoms with Crippen LogP contribution < -0.4 is 15.5 Å². The Morgan fingerprint density at radius 2 is 1.46 bits per heavy atom. The van der Waals surface area contributed by atoms with Crippen LogP contribution in [0.5, 0.6) is 11.5 Å². The molecule has 3 N–H and O–H groups in total. The lowest BCUT2D eigenvalue weighted by atomic mass is 9.86. The zero-order valence-corrected chi connectivity index (χ0v) is 25.8. The number of para-hydroxylation sites is 1. The molecule has 0 aromatic heterocycles. The molecule has 1 aliphatic rings. The third-order valence-electron chi connectivity index (χ3n) is 8.16. The summed E-state index contributed by atoms with van der Waals surface area (Å²) in [7, 11) is 0. The zero-order chi connectivity index (χ0) is 32.1. The first-order valence-corrected chi connectivity index (χ1v) is 15.7. The number of nitrogens with one attached hydrogen (secondary N) is 2. The number of unbranched alkanes of at least 4 members (excludes halogenated alkanes) is 1. The van der Waals surface area contributed by atoms with Crippen molar-refractivity contribution >= 4 is 23.5 Å². The Morgan fingerprint density at radius 3 is 2.20 bits per heavy atom. The summed E-state index contributed by atoms with van der Waals surface area (Å²) in [5, 5.41) is 12.2. The van der Waals surface area contributed by atoms with Gasteiger partial charge >= 0.3 is 6.03 Å². The molecule has 0 saturated carbocycles. The van der Waals surface area contributed by atoms with Gasteiger partial charge in [0.2, 0.25) is 5.91 Å². The molecule has 0 fully saturated rings. The molecule has 1 unspecified atom stereocenters. The van der Waals surface area contributed by atoms with E-state index in [2.05, 4.69) is 17.4 Å². The highest BCUT2D eigenvalue weighted by atomic mass is 16.5. The van der Waals surface area contributed by atoms with Crippen molar-refractivity contribution in [2.75, 3.05) is 25.0 Å². The monoisotopic (exact) mass is 620 g/mol. The lowest BCUT2D eigenvalue weighted by molar-refractivity contribution is -0.142. The summed E-state index contributed by atoms with van der Waals surface area (Å²) >= 11 is 0. The van der Waals surface area contributed by atoms with Gasteiger partial charge in [0, 0.05) is 12.2 Å². The molecule has 1 aliphatic carbocycles. The van der Waals surface area contributed by atoms with Crippen molar-refractivity contribution in [1.29, 1.82) is 0 Å². The molecule has 0 heterocycles. The molecule has 0 radical (unpaired) electrons. The van der Waals surface area contributed by atoms with Crippen LogP contribution in [-0.2, 0) is 22.4 Å². The largest absolute Gasteiger partial charge is 0.457 e. The highest BCUT2D eigenvalue weighted by Gasteiger charge is 2.32. The minimum Gasteiger partial charge on any atom is -0.457 e. The second-order valence-corrected chi connectivity index (χ2v) is 11.4. The van der Waals surface area contributed by atoms with E-state index in [-0.39, 0.29) is 25.0 Å². The lowest BCUT2D eigenvalue weighted by Crippen LogP contribution is -2.49. The maximum absolute atomic E-state index is 14.0. The number of benzene rings is 4. The van der Waals surface area contributed by atoms with Gasteiger partial charge in [-0.15, -0.1) is 0 Å². The first-order valence-electron chi connectivity index (χ1n) is 15.7. The number of carbonyl (C=O) groups is 3. The normalized spacial score (nSPS) is 13.6. The van der Waals surface area contributed by atoms with Crippen LogP contribution in [-0.4, -0.2) is 52.5 Å². The molecular weight excluding hydrogens is 580 g/mol. The fourth-order valence-corrected chi connectivity index (χ4v) is 5.83. The van der Waals surface area contributed by atoms with Crippen molar-refractivity contribution in [3.05, 3.63) is 126 Å². The summed E-state index contributed by atoms with van der Waals surface area (Å²) in [6.45, 7) is -0.189. The van der Waals surface area contributed by atoms with Crippen LogP contribution in [0.15, 0.2) is 109 Å². The number of amides is 4. The van der Waals surface area contributed by atoms with Gasteiger partial charge < -0.3 is 19.9 Å². The van der Waals surface area contributed by atoms with Gasteiger partial charge in [-0.05, 0) is 91.6 Å². The van der Waals surface area contributed by atoms with Crippen molar-refractivity contribution in [2.24, 2.45) is 0 Å². The maximum Gasteiger partial charge on any atom is 0.322 e. The Hall–Kier alpha value is -5.15. The van der Waals surface area contributed by atoms with Gasteiger partial charge in [0.15, 0.2) is 0 Å². The smallest absolute Gasteiger partial charge is 0.322 e. The van der Waals surface area contributed by atoms with Gasteiger partial charge in [0.05, 0.1) is 6.04 Å².